The third kappa shape index (κ3) is 1.89. The standard InChI is InChI=1S/C22H24O2/c23-20-5-1-3-16(12-20)22(17-4-2-6-21(24)13-17)18-8-14-7-15(10-18)11-19(22)9-14/h1-6,12-15,18-19,23-24H,7-11H2. The first kappa shape index (κ1) is 14.4. The van der Waals surface area contributed by atoms with Crippen LogP contribution in [0.3, 0.4) is 0 Å². The van der Waals surface area contributed by atoms with Gasteiger partial charge in [-0.2, -0.15) is 0 Å². The first-order valence-electron chi connectivity index (χ1n) is 9.25. The highest BCUT2D eigenvalue weighted by Crippen LogP contribution is 2.65. The molecule has 2 N–H and O–H groups in total. The van der Waals surface area contributed by atoms with Gasteiger partial charge in [0.05, 0.1) is 0 Å². The molecule has 2 heteroatoms. The average Bonchev–Trinajstić information content (AvgIpc) is 2.54. The van der Waals surface area contributed by atoms with E-state index in [2.05, 4.69) is 12.1 Å². The van der Waals surface area contributed by atoms with Crippen molar-refractivity contribution in [3.8, 4) is 11.5 Å². The topological polar surface area (TPSA) is 40.5 Å². The summed E-state index contributed by atoms with van der Waals surface area (Å²) >= 11 is 0. The summed E-state index contributed by atoms with van der Waals surface area (Å²) < 4.78 is 0. The van der Waals surface area contributed by atoms with Crippen LogP contribution in [-0.2, 0) is 5.41 Å². The molecule has 24 heavy (non-hydrogen) atoms. The Kier molecular flexibility index (Phi) is 3.01. The number of aromatic hydroxyl groups is 2. The number of benzene rings is 2. The molecule has 0 aliphatic heterocycles. The molecule has 2 aromatic carbocycles. The van der Waals surface area contributed by atoms with Gasteiger partial charge in [0.15, 0.2) is 0 Å². The summed E-state index contributed by atoms with van der Waals surface area (Å²) in [6.45, 7) is 0. The highest BCUT2D eigenvalue weighted by Gasteiger charge is 2.58. The summed E-state index contributed by atoms with van der Waals surface area (Å²) in [5, 5.41) is 20.3. The van der Waals surface area contributed by atoms with Crippen LogP contribution in [0.25, 0.3) is 0 Å². The van der Waals surface area contributed by atoms with E-state index < -0.39 is 0 Å². The first-order chi connectivity index (χ1) is 11.7. The Balaban J connectivity index is 1.75. The summed E-state index contributed by atoms with van der Waals surface area (Å²) in [6, 6.07) is 15.8. The van der Waals surface area contributed by atoms with Gasteiger partial charge in [0.1, 0.15) is 11.5 Å². The third-order valence-corrected chi connectivity index (χ3v) is 7.07. The van der Waals surface area contributed by atoms with E-state index in [1.807, 2.05) is 24.3 Å². The van der Waals surface area contributed by atoms with Crippen molar-refractivity contribution in [1.29, 1.82) is 0 Å². The maximum absolute atomic E-state index is 10.1. The third-order valence-electron chi connectivity index (χ3n) is 7.07. The lowest BCUT2D eigenvalue weighted by Crippen LogP contribution is -2.56. The second-order valence-corrected chi connectivity index (χ2v) is 8.27. The lowest BCUT2D eigenvalue weighted by atomic mass is 9.42. The molecule has 4 aliphatic rings. The van der Waals surface area contributed by atoms with E-state index in [-0.39, 0.29) is 5.41 Å². The molecule has 0 aromatic heterocycles. The monoisotopic (exact) mass is 320 g/mol. The molecule has 0 spiro atoms. The van der Waals surface area contributed by atoms with Crippen LogP contribution in [0.15, 0.2) is 48.5 Å². The Hall–Kier alpha value is -1.96. The second-order valence-electron chi connectivity index (χ2n) is 8.27. The minimum absolute atomic E-state index is 0.0507. The van der Waals surface area contributed by atoms with Crippen LogP contribution in [-0.4, -0.2) is 10.2 Å². The van der Waals surface area contributed by atoms with E-state index >= 15 is 0 Å². The van der Waals surface area contributed by atoms with Crippen molar-refractivity contribution in [2.75, 3.05) is 0 Å². The zero-order valence-electron chi connectivity index (χ0n) is 13.9. The fourth-order valence-corrected chi connectivity index (χ4v) is 6.56. The second kappa shape index (κ2) is 5.02. The van der Waals surface area contributed by atoms with E-state index in [9.17, 15) is 10.2 Å². The minimum atomic E-state index is -0.0507. The Morgan fingerprint density at radius 2 is 1.12 bits per heavy atom. The Bertz CT molecular complexity index is 704. The summed E-state index contributed by atoms with van der Waals surface area (Å²) in [5.41, 5.74) is 2.43. The quantitative estimate of drug-likeness (QED) is 0.831. The van der Waals surface area contributed by atoms with Crippen LogP contribution >= 0.6 is 0 Å². The van der Waals surface area contributed by atoms with Gasteiger partial charge in [-0.05, 0) is 91.2 Å². The van der Waals surface area contributed by atoms with Gasteiger partial charge in [-0.3, -0.25) is 0 Å². The van der Waals surface area contributed by atoms with Crippen molar-refractivity contribution in [2.24, 2.45) is 23.7 Å². The molecule has 2 aromatic rings. The fraction of sp³-hybridized carbons (Fsp3) is 0.455. The van der Waals surface area contributed by atoms with Gasteiger partial charge in [0.2, 0.25) is 0 Å². The van der Waals surface area contributed by atoms with Gasteiger partial charge in [-0.25, -0.2) is 0 Å². The molecule has 4 fully saturated rings. The molecule has 0 amide bonds. The molecule has 4 saturated carbocycles. The smallest absolute Gasteiger partial charge is 0.115 e. The number of hydrogen-bond acceptors (Lipinski definition) is 2. The summed E-state index contributed by atoms with van der Waals surface area (Å²) in [5.74, 6) is 3.71. The van der Waals surface area contributed by atoms with Crippen molar-refractivity contribution in [3.63, 3.8) is 0 Å². The maximum Gasteiger partial charge on any atom is 0.115 e. The SMILES string of the molecule is Oc1cccc(C2(c3cccc(O)c3)C3CC4CC(C3)CC2C4)c1. The van der Waals surface area contributed by atoms with Gasteiger partial charge >= 0.3 is 0 Å². The van der Waals surface area contributed by atoms with Crippen molar-refractivity contribution < 1.29 is 10.2 Å². The van der Waals surface area contributed by atoms with Gasteiger partial charge in [0.25, 0.3) is 0 Å². The van der Waals surface area contributed by atoms with Gasteiger partial charge in [-0.15, -0.1) is 0 Å². The average molecular weight is 320 g/mol. The van der Waals surface area contributed by atoms with E-state index in [0.29, 0.717) is 23.3 Å². The molecular formula is C22H24O2. The van der Waals surface area contributed by atoms with Crippen LogP contribution in [0.1, 0.15) is 43.2 Å². The minimum Gasteiger partial charge on any atom is -0.508 e. The van der Waals surface area contributed by atoms with Crippen molar-refractivity contribution in [2.45, 2.75) is 37.5 Å². The van der Waals surface area contributed by atoms with Crippen LogP contribution in [0, 0.1) is 23.7 Å². The van der Waals surface area contributed by atoms with E-state index in [4.69, 9.17) is 0 Å². The summed E-state index contributed by atoms with van der Waals surface area (Å²) in [4.78, 5) is 0. The van der Waals surface area contributed by atoms with Crippen LogP contribution in [0.5, 0.6) is 11.5 Å². The number of rotatable bonds is 2. The van der Waals surface area contributed by atoms with Crippen molar-refractivity contribution in [3.05, 3.63) is 59.7 Å². The number of hydrogen-bond donors (Lipinski definition) is 2. The van der Waals surface area contributed by atoms with Crippen LogP contribution < -0.4 is 0 Å². The zero-order valence-corrected chi connectivity index (χ0v) is 13.9. The summed E-state index contributed by atoms with van der Waals surface area (Å²) in [6.07, 6.45) is 6.58. The Labute approximate surface area is 143 Å². The van der Waals surface area contributed by atoms with Crippen molar-refractivity contribution in [1.82, 2.24) is 0 Å². The van der Waals surface area contributed by atoms with E-state index in [1.54, 1.807) is 12.1 Å². The molecule has 0 radical (unpaired) electrons. The zero-order chi connectivity index (χ0) is 16.3. The van der Waals surface area contributed by atoms with E-state index in [0.717, 1.165) is 11.8 Å². The molecule has 6 rings (SSSR count). The normalized spacial score (nSPS) is 32.8. The molecular weight excluding hydrogens is 296 g/mol. The van der Waals surface area contributed by atoms with Crippen LogP contribution in [0.4, 0.5) is 0 Å². The molecule has 0 atom stereocenters. The predicted octanol–water partition coefficient (Wildman–Crippen LogP) is 4.84. The molecule has 0 unspecified atom stereocenters. The fourth-order valence-electron chi connectivity index (χ4n) is 6.56. The Morgan fingerprint density at radius 1 is 0.667 bits per heavy atom. The molecule has 0 saturated heterocycles. The molecule has 2 nitrogen and oxygen atoms in total. The maximum atomic E-state index is 10.1. The van der Waals surface area contributed by atoms with Gasteiger partial charge in [-0.1, -0.05) is 24.3 Å². The highest BCUT2D eigenvalue weighted by atomic mass is 16.3. The van der Waals surface area contributed by atoms with Crippen molar-refractivity contribution >= 4 is 0 Å². The lowest BCUT2D eigenvalue weighted by molar-refractivity contribution is -0.0419. The highest BCUT2D eigenvalue weighted by molar-refractivity contribution is 5.47. The number of phenolic OH excluding ortho intramolecular Hbond substituents is 2. The van der Waals surface area contributed by atoms with E-state index in [1.165, 1.54) is 43.2 Å². The lowest BCUT2D eigenvalue weighted by Gasteiger charge is -2.62. The first-order valence-corrected chi connectivity index (χ1v) is 9.25. The molecule has 0 heterocycles. The molecule has 124 valence electrons. The van der Waals surface area contributed by atoms with Crippen LogP contribution in [0.2, 0.25) is 0 Å². The predicted molar refractivity (Wildman–Crippen MR) is 94.0 cm³/mol. The van der Waals surface area contributed by atoms with Gasteiger partial charge in [0, 0.05) is 5.41 Å². The molecule has 4 aliphatic carbocycles. The largest absolute Gasteiger partial charge is 0.508 e. The number of phenols is 2. The Morgan fingerprint density at radius 3 is 1.54 bits per heavy atom. The summed E-state index contributed by atoms with van der Waals surface area (Å²) in [7, 11) is 0. The molecule has 4 bridgehead atoms. The van der Waals surface area contributed by atoms with Gasteiger partial charge < -0.3 is 10.2 Å².